The number of carbonyl (C=O) groups is 1. The average molecular weight is 269 g/mol. The van der Waals surface area contributed by atoms with Gasteiger partial charge in [-0.3, -0.25) is 4.90 Å². The normalized spacial score (nSPS) is 19.6. The van der Waals surface area contributed by atoms with Crippen molar-refractivity contribution in [2.45, 2.75) is 38.8 Å². The molecule has 1 aromatic heterocycles. The summed E-state index contributed by atoms with van der Waals surface area (Å²) in [4.78, 5) is 15.0. The number of carbonyl (C=O) groups excluding carboxylic acids is 1. The molecule has 100 valence electrons. The first-order valence-electron chi connectivity index (χ1n) is 6.09. The van der Waals surface area contributed by atoms with E-state index in [1.807, 2.05) is 32.2 Å². The van der Waals surface area contributed by atoms with Gasteiger partial charge in [0.05, 0.1) is 12.6 Å². The third-order valence-electron chi connectivity index (χ3n) is 2.90. The van der Waals surface area contributed by atoms with Crippen LogP contribution in [0.5, 0.6) is 0 Å². The fourth-order valence-electron chi connectivity index (χ4n) is 2.13. The molecule has 0 saturated heterocycles. The van der Waals surface area contributed by atoms with Crippen LogP contribution in [0.1, 0.15) is 37.3 Å². The minimum absolute atomic E-state index is 0.0665. The van der Waals surface area contributed by atoms with E-state index in [0.717, 1.165) is 12.0 Å². The zero-order valence-corrected chi connectivity index (χ0v) is 11.8. The van der Waals surface area contributed by atoms with Crippen LogP contribution < -0.4 is 0 Å². The Morgan fingerprint density at radius 3 is 2.94 bits per heavy atom. The third kappa shape index (κ3) is 2.67. The van der Waals surface area contributed by atoms with Crippen LogP contribution in [-0.2, 0) is 11.2 Å². The van der Waals surface area contributed by atoms with Crippen molar-refractivity contribution in [2.24, 2.45) is 0 Å². The SMILES string of the molecule is CC(C)(C)OC(=O)N1CCc2sccc2[C@@H]1CO. The van der Waals surface area contributed by atoms with Gasteiger partial charge >= 0.3 is 6.09 Å². The van der Waals surface area contributed by atoms with E-state index in [9.17, 15) is 9.90 Å². The Morgan fingerprint density at radius 1 is 1.61 bits per heavy atom. The van der Waals surface area contributed by atoms with Gasteiger partial charge in [-0.25, -0.2) is 4.79 Å². The zero-order valence-electron chi connectivity index (χ0n) is 11.0. The van der Waals surface area contributed by atoms with Crippen LogP contribution in [-0.4, -0.2) is 34.9 Å². The summed E-state index contributed by atoms with van der Waals surface area (Å²) >= 11 is 1.68. The molecule has 1 atom stereocenters. The highest BCUT2D eigenvalue weighted by atomic mass is 32.1. The summed E-state index contributed by atoms with van der Waals surface area (Å²) in [5, 5.41) is 11.5. The second-order valence-corrected chi connectivity index (χ2v) is 6.42. The summed E-state index contributed by atoms with van der Waals surface area (Å²) in [6, 6.07) is 1.71. The molecule has 18 heavy (non-hydrogen) atoms. The zero-order chi connectivity index (χ0) is 13.3. The molecule has 0 aromatic carbocycles. The summed E-state index contributed by atoms with van der Waals surface area (Å²) in [7, 11) is 0. The average Bonchev–Trinajstić information content (AvgIpc) is 2.72. The molecule has 1 aliphatic heterocycles. The smallest absolute Gasteiger partial charge is 0.410 e. The summed E-state index contributed by atoms with van der Waals surface area (Å²) in [5.74, 6) is 0. The Balaban J connectivity index is 2.17. The second kappa shape index (κ2) is 4.90. The van der Waals surface area contributed by atoms with Gasteiger partial charge < -0.3 is 9.84 Å². The Hall–Kier alpha value is -1.07. The van der Waals surface area contributed by atoms with Crippen LogP contribution in [0.4, 0.5) is 4.79 Å². The van der Waals surface area contributed by atoms with Crippen LogP contribution in [0.15, 0.2) is 11.4 Å². The standard InChI is InChI=1S/C13H19NO3S/c1-13(2,3)17-12(16)14-6-4-11-9(5-7-18-11)10(14)8-15/h5,7,10,15H,4,6,8H2,1-3H3/t10-/m0/s1. The van der Waals surface area contributed by atoms with Gasteiger partial charge in [-0.15, -0.1) is 11.3 Å². The monoisotopic (exact) mass is 269 g/mol. The number of amides is 1. The number of ether oxygens (including phenoxy) is 1. The van der Waals surface area contributed by atoms with Gasteiger partial charge in [0, 0.05) is 11.4 Å². The van der Waals surface area contributed by atoms with E-state index in [0.29, 0.717) is 6.54 Å². The fraction of sp³-hybridized carbons (Fsp3) is 0.615. The van der Waals surface area contributed by atoms with Crippen LogP contribution in [0.2, 0.25) is 0 Å². The Labute approximate surface area is 111 Å². The number of aliphatic hydroxyl groups is 1. The Morgan fingerprint density at radius 2 is 2.33 bits per heavy atom. The number of rotatable bonds is 1. The van der Waals surface area contributed by atoms with Crippen molar-refractivity contribution in [3.63, 3.8) is 0 Å². The number of thiophene rings is 1. The third-order valence-corrected chi connectivity index (χ3v) is 3.89. The van der Waals surface area contributed by atoms with Crippen molar-refractivity contribution >= 4 is 17.4 Å². The van der Waals surface area contributed by atoms with E-state index in [4.69, 9.17) is 4.74 Å². The first-order chi connectivity index (χ1) is 8.42. The summed E-state index contributed by atoms with van der Waals surface area (Å²) in [5.41, 5.74) is 0.547. The van der Waals surface area contributed by atoms with E-state index in [2.05, 4.69) is 0 Å². The number of hydrogen-bond donors (Lipinski definition) is 1. The van der Waals surface area contributed by atoms with Gasteiger partial charge in [0.1, 0.15) is 5.60 Å². The van der Waals surface area contributed by atoms with Crippen LogP contribution >= 0.6 is 11.3 Å². The van der Waals surface area contributed by atoms with E-state index >= 15 is 0 Å². The molecule has 1 N–H and O–H groups in total. The highest BCUT2D eigenvalue weighted by Gasteiger charge is 2.33. The molecule has 0 spiro atoms. The Bertz CT molecular complexity index is 436. The van der Waals surface area contributed by atoms with Crippen molar-refractivity contribution in [2.75, 3.05) is 13.2 Å². The topological polar surface area (TPSA) is 49.8 Å². The highest BCUT2D eigenvalue weighted by Crippen LogP contribution is 2.33. The molecule has 0 saturated carbocycles. The molecule has 2 rings (SSSR count). The van der Waals surface area contributed by atoms with Crippen molar-refractivity contribution in [1.29, 1.82) is 0 Å². The van der Waals surface area contributed by atoms with Gasteiger partial charge in [0.2, 0.25) is 0 Å². The number of aliphatic hydroxyl groups excluding tert-OH is 1. The molecule has 0 aliphatic carbocycles. The quantitative estimate of drug-likeness (QED) is 0.852. The molecular weight excluding hydrogens is 250 g/mol. The minimum atomic E-state index is -0.508. The lowest BCUT2D eigenvalue weighted by molar-refractivity contribution is 0.00718. The maximum Gasteiger partial charge on any atom is 0.410 e. The van der Waals surface area contributed by atoms with Gasteiger partial charge in [-0.05, 0) is 44.2 Å². The molecule has 0 unspecified atom stereocenters. The maximum absolute atomic E-state index is 12.1. The lowest BCUT2D eigenvalue weighted by atomic mass is 10.0. The van der Waals surface area contributed by atoms with Crippen LogP contribution in [0, 0.1) is 0 Å². The minimum Gasteiger partial charge on any atom is -0.444 e. The van der Waals surface area contributed by atoms with Crippen LogP contribution in [0.25, 0.3) is 0 Å². The molecule has 1 aliphatic rings. The molecule has 1 amide bonds. The summed E-state index contributed by atoms with van der Waals surface area (Å²) in [6.07, 6.45) is 0.487. The molecule has 4 nitrogen and oxygen atoms in total. The lowest BCUT2D eigenvalue weighted by Gasteiger charge is -2.35. The van der Waals surface area contributed by atoms with Crippen molar-refractivity contribution < 1.29 is 14.6 Å². The predicted molar refractivity (Wildman–Crippen MR) is 70.8 cm³/mol. The van der Waals surface area contributed by atoms with Crippen molar-refractivity contribution in [1.82, 2.24) is 4.90 Å². The first kappa shape index (κ1) is 13.4. The molecule has 0 radical (unpaired) electrons. The van der Waals surface area contributed by atoms with Gasteiger partial charge in [-0.1, -0.05) is 0 Å². The van der Waals surface area contributed by atoms with Gasteiger partial charge in [-0.2, -0.15) is 0 Å². The van der Waals surface area contributed by atoms with Crippen molar-refractivity contribution in [3.05, 3.63) is 21.9 Å². The molecule has 2 heterocycles. The summed E-state index contributed by atoms with van der Waals surface area (Å²) in [6.45, 7) is 6.08. The van der Waals surface area contributed by atoms with Crippen molar-refractivity contribution in [3.8, 4) is 0 Å². The van der Waals surface area contributed by atoms with E-state index in [1.54, 1.807) is 16.2 Å². The van der Waals surface area contributed by atoms with Crippen LogP contribution in [0.3, 0.4) is 0 Å². The molecule has 0 fully saturated rings. The summed E-state index contributed by atoms with van der Waals surface area (Å²) < 4.78 is 5.38. The molecular formula is C13H19NO3S. The molecule has 0 bridgehead atoms. The first-order valence-corrected chi connectivity index (χ1v) is 6.97. The van der Waals surface area contributed by atoms with E-state index in [-0.39, 0.29) is 18.7 Å². The Kier molecular flexibility index (Phi) is 3.64. The largest absolute Gasteiger partial charge is 0.444 e. The van der Waals surface area contributed by atoms with E-state index < -0.39 is 5.60 Å². The van der Waals surface area contributed by atoms with E-state index in [1.165, 1.54) is 4.88 Å². The van der Waals surface area contributed by atoms with Gasteiger partial charge in [0.25, 0.3) is 0 Å². The van der Waals surface area contributed by atoms with Gasteiger partial charge in [0.15, 0.2) is 0 Å². The molecule has 5 heteroatoms. The fourth-order valence-corrected chi connectivity index (χ4v) is 3.06. The molecule has 1 aromatic rings. The number of nitrogens with zero attached hydrogens (tertiary/aromatic N) is 1. The maximum atomic E-state index is 12.1. The lowest BCUT2D eigenvalue weighted by Crippen LogP contribution is -2.43. The predicted octanol–water partition coefficient (Wildman–Crippen LogP) is 2.57. The number of hydrogen-bond acceptors (Lipinski definition) is 4. The highest BCUT2D eigenvalue weighted by molar-refractivity contribution is 7.10. The number of fused-ring (bicyclic) bond motifs is 1. The second-order valence-electron chi connectivity index (χ2n) is 5.42.